The zero-order valence-corrected chi connectivity index (χ0v) is 8.99. The summed E-state index contributed by atoms with van der Waals surface area (Å²) < 4.78 is 1.69. The van der Waals surface area contributed by atoms with Crippen LogP contribution in [-0.4, -0.2) is 22.7 Å². The van der Waals surface area contributed by atoms with E-state index in [1.54, 1.807) is 4.68 Å². The predicted molar refractivity (Wildman–Crippen MR) is 59.1 cm³/mol. The summed E-state index contributed by atoms with van der Waals surface area (Å²) in [6.07, 6.45) is 6.50. The summed E-state index contributed by atoms with van der Waals surface area (Å²) in [6, 6.07) is 3.78. The molecule has 82 valence electrons. The first-order valence-electron chi connectivity index (χ1n) is 5.46. The number of amides is 1. The molecule has 1 amide bonds. The molecule has 4 nitrogen and oxygen atoms in total. The molecule has 1 atom stereocenters. The van der Waals surface area contributed by atoms with Crippen LogP contribution in [0.25, 0.3) is 0 Å². The standard InChI is InChI=1S/C11H17N3O/c1-2-11(6-5-7-12-11)10(15)13-14-8-3-4-9-14/h3-4,8-9,12H,2,5-7H2,1H3,(H,13,15). The van der Waals surface area contributed by atoms with Gasteiger partial charge in [-0.1, -0.05) is 6.92 Å². The van der Waals surface area contributed by atoms with E-state index >= 15 is 0 Å². The molecule has 0 saturated carbocycles. The van der Waals surface area contributed by atoms with Crippen molar-refractivity contribution < 1.29 is 4.79 Å². The lowest BCUT2D eigenvalue weighted by molar-refractivity contribution is -0.123. The van der Waals surface area contributed by atoms with Crippen LogP contribution in [0.5, 0.6) is 0 Å². The van der Waals surface area contributed by atoms with Gasteiger partial charge < -0.3 is 5.32 Å². The van der Waals surface area contributed by atoms with Crippen molar-refractivity contribution in [2.45, 2.75) is 31.7 Å². The van der Waals surface area contributed by atoms with Crippen LogP contribution < -0.4 is 10.7 Å². The summed E-state index contributed by atoms with van der Waals surface area (Å²) >= 11 is 0. The quantitative estimate of drug-likeness (QED) is 0.779. The Labute approximate surface area is 89.6 Å². The molecule has 1 aliphatic heterocycles. The average Bonchev–Trinajstić information content (AvgIpc) is 2.87. The molecule has 0 aromatic carbocycles. The molecule has 4 heteroatoms. The van der Waals surface area contributed by atoms with Gasteiger partial charge in [-0.25, -0.2) is 0 Å². The van der Waals surface area contributed by atoms with Crippen LogP contribution in [0.3, 0.4) is 0 Å². The van der Waals surface area contributed by atoms with Gasteiger partial charge >= 0.3 is 0 Å². The van der Waals surface area contributed by atoms with Gasteiger partial charge in [-0.3, -0.25) is 14.9 Å². The molecule has 1 saturated heterocycles. The molecule has 2 heterocycles. The first-order valence-corrected chi connectivity index (χ1v) is 5.46. The molecule has 1 aromatic heterocycles. The minimum absolute atomic E-state index is 0.0682. The molecule has 0 spiro atoms. The lowest BCUT2D eigenvalue weighted by Gasteiger charge is -2.26. The second-order valence-electron chi connectivity index (χ2n) is 4.00. The molecule has 1 aliphatic rings. The van der Waals surface area contributed by atoms with Crippen molar-refractivity contribution in [3.63, 3.8) is 0 Å². The Kier molecular flexibility index (Phi) is 2.77. The fourth-order valence-corrected chi connectivity index (χ4v) is 2.10. The maximum absolute atomic E-state index is 12.1. The van der Waals surface area contributed by atoms with Crippen molar-refractivity contribution in [1.29, 1.82) is 0 Å². The summed E-state index contributed by atoms with van der Waals surface area (Å²) in [6.45, 7) is 2.99. The summed E-state index contributed by atoms with van der Waals surface area (Å²) in [4.78, 5) is 12.1. The second-order valence-corrected chi connectivity index (χ2v) is 4.00. The summed E-state index contributed by atoms with van der Waals surface area (Å²) in [5, 5.41) is 3.31. The van der Waals surface area contributed by atoms with Gasteiger partial charge in [-0.15, -0.1) is 0 Å². The summed E-state index contributed by atoms with van der Waals surface area (Å²) in [5.74, 6) is 0.0682. The van der Waals surface area contributed by atoms with Gasteiger partial charge in [0.1, 0.15) is 0 Å². The molecular formula is C11H17N3O. The van der Waals surface area contributed by atoms with Gasteiger partial charge in [0, 0.05) is 12.4 Å². The zero-order chi connectivity index (χ0) is 10.7. The van der Waals surface area contributed by atoms with E-state index in [-0.39, 0.29) is 11.4 Å². The number of nitrogens with zero attached hydrogens (tertiary/aromatic N) is 1. The van der Waals surface area contributed by atoms with Gasteiger partial charge in [0.25, 0.3) is 5.91 Å². The van der Waals surface area contributed by atoms with E-state index in [1.807, 2.05) is 31.5 Å². The van der Waals surface area contributed by atoms with Crippen LogP contribution in [0.4, 0.5) is 0 Å². The molecule has 2 N–H and O–H groups in total. The number of rotatable bonds is 3. The van der Waals surface area contributed by atoms with Crippen LogP contribution in [0.15, 0.2) is 24.5 Å². The highest BCUT2D eigenvalue weighted by Gasteiger charge is 2.39. The Balaban J connectivity index is 2.06. The Hall–Kier alpha value is -1.29. The molecule has 1 fully saturated rings. The molecular weight excluding hydrogens is 190 g/mol. The Bertz CT molecular complexity index is 326. The van der Waals surface area contributed by atoms with Gasteiger partial charge in [0.2, 0.25) is 0 Å². The van der Waals surface area contributed by atoms with Gasteiger partial charge in [-0.05, 0) is 37.9 Å². The van der Waals surface area contributed by atoms with Crippen molar-refractivity contribution >= 4 is 5.91 Å². The highest BCUT2D eigenvalue weighted by atomic mass is 16.2. The molecule has 0 bridgehead atoms. The smallest absolute Gasteiger partial charge is 0.259 e. The van der Waals surface area contributed by atoms with Gasteiger partial charge in [0.05, 0.1) is 5.54 Å². The lowest BCUT2D eigenvalue weighted by atomic mass is 9.93. The molecule has 2 rings (SSSR count). The van der Waals surface area contributed by atoms with Crippen molar-refractivity contribution in [1.82, 2.24) is 9.99 Å². The second kappa shape index (κ2) is 4.06. The van der Waals surface area contributed by atoms with E-state index in [4.69, 9.17) is 0 Å². The third-order valence-electron chi connectivity index (χ3n) is 3.12. The summed E-state index contributed by atoms with van der Waals surface area (Å²) in [7, 11) is 0. The maximum atomic E-state index is 12.1. The highest BCUT2D eigenvalue weighted by Crippen LogP contribution is 2.23. The first-order chi connectivity index (χ1) is 7.27. The normalized spacial score (nSPS) is 25.4. The Morgan fingerprint density at radius 2 is 2.27 bits per heavy atom. The topological polar surface area (TPSA) is 46.1 Å². The van der Waals surface area contributed by atoms with E-state index < -0.39 is 0 Å². The predicted octanol–water partition coefficient (Wildman–Crippen LogP) is 1.09. The van der Waals surface area contributed by atoms with Crippen molar-refractivity contribution in [3.05, 3.63) is 24.5 Å². The van der Waals surface area contributed by atoms with Crippen molar-refractivity contribution in [2.24, 2.45) is 0 Å². The summed E-state index contributed by atoms with van der Waals surface area (Å²) in [5.41, 5.74) is 2.51. The lowest BCUT2D eigenvalue weighted by Crippen LogP contribution is -2.51. The minimum Gasteiger partial charge on any atom is -0.303 e. The fourth-order valence-electron chi connectivity index (χ4n) is 2.10. The molecule has 1 unspecified atom stereocenters. The number of carbonyl (C=O) groups excluding carboxylic acids is 1. The molecule has 15 heavy (non-hydrogen) atoms. The van der Waals surface area contributed by atoms with Crippen LogP contribution in [0.2, 0.25) is 0 Å². The highest BCUT2D eigenvalue weighted by molar-refractivity contribution is 5.93. The largest absolute Gasteiger partial charge is 0.303 e. The number of carbonyl (C=O) groups is 1. The van der Waals surface area contributed by atoms with Crippen molar-refractivity contribution in [3.8, 4) is 0 Å². The molecule has 0 radical (unpaired) electrons. The first kappa shape index (κ1) is 10.2. The third kappa shape index (κ3) is 1.90. The van der Waals surface area contributed by atoms with Gasteiger partial charge in [-0.2, -0.15) is 0 Å². The SMILES string of the molecule is CCC1(C(=O)Nn2cccc2)CCCN1. The Morgan fingerprint density at radius 1 is 1.53 bits per heavy atom. The van der Waals surface area contributed by atoms with Crippen LogP contribution >= 0.6 is 0 Å². The van der Waals surface area contributed by atoms with E-state index in [9.17, 15) is 4.79 Å². The van der Waals surface area contributed by atoms with Crippen LogP contribution in [-0.2, 0) is 4.79 Å². The van der Waals surface area contributed by atoms with Gasteiger partial charge in [0.15, 0.2) is 0 Å². The number of hydrogen-bond acceptors (Lipinski definition) is 2. The maximum Gasteiger partial charge on any atom is 0.259 e. The monoisotopic (exact) mass is 207 g/mol. The van der Waals surface area contributed by atoms with E-state index in [2.05, 4.69) is 10.7 Å². The van der Waals surface area contributed by atoms with Crippen LogP contribution in [0, 0.1) is 0 Å². The minimum atomic E-state index is -0.357. The Morgan fingerprint density at radius 3 is 2.80 bits per heavy atom. The van der Waals surface area contributed by atoms with Crippen LogP contribution in [0.1, 0.15) is 26.2 Å². The number of hydrogen-bond donors (Lipinski definition) is 2. The van der Waals surface area contributed by atoms with E-state index in [0.717, 1.165) is 25.8 Å². The van der Waals surface area contributed by atoms with E-state index in [1.165, 1.54) is 0 Å². The molecule has 1 aromatic rings. The van der Waals surface area contributed by atoms with Crippen molar-refractivity contribution in [2.75, 3.05) is 12.0 Å². The number of aromatic nitrogens is 1. The third-order valence-corrected chi connectivity index (χ3v) is 3.12. The van der Waals surface area contributed by atoms with E-state index in [0.29, 0.717) is 0 Å². The number of nitrogens with one attached hydrogen (secondary N) is 2. The molecule has 0 aliphatic carbocycles. The zero-order valence-electron chi connectivity index (χ0n) is 8.99. The average molecular weight is 207 g/mol. The fraction of sp³-hybridized carbons (Fsp3) is 0.545.